The third kappa shape index (κ3) is 3.29. The van der Waals surface area contributed by atoms with Crippen LogP contribution in [0.3, 0.4) is 0 Å². The zero-order valence-electron chi connectivity index (χ0n) is 9.03. The van der Waals surface area contributed by atoms with E-state index >= 15 is 0 Å². The van der Waals surface area contributed by atoms with Crippen LogP contribution in [-0.2, 0) is 9.53 Å². The van der Waals surface area contributed by atoms with E-state index in [0.717, 1.165) is 32.5 Å². The van der Waals surface area contributed by atoms with Gasteiger partial charge in [-0.3, -0.25) is 4.79 Å². The first kappa shape index (κ1) is 11.5. The van der Waals surface area contributed by atoms with E-state index in [1.165, 1.54) is 0 Å². The molecule has 3 heteroatoms. The minimum Gasteiger partial charge on any atom is -0.481 e. The number of carboxylic acid groups (broad SMARTS) is 1. The monoisotopic (exact) mass is 200 g/mol. The fourth-order valence-electron chi connectivity index (χ4n) is 2.12. The van der Waals surface area contributed by atoms with Crippen molar-refractivity contribution in [2.75, 3.05) is 13.2 Å². The lowest BCUT2D eigenvalue weighted by Gasteiger charge is -2.28. The predicted molar refractivity (Wildman–Crippen MR) is 54.1 cm³/mol. The van der Waals surface area contributed by atoms with Crippen LogP contribution in [0.15, 0.2) is 0 Å². The number of ether oxygens (including phenoxy) is 1. The van der Waals surface area contributed by atoms with Gasteiger partial charge in [0.2, 0.25) is 0 Å². The summed E-state index contributed by atoms with van der Waals surface area (Å²) < 4.78 is 5.24. The summed E-state index contributed by atoms with van der Waals surface area (Å²) in [7, 11) is 0. The molecule has 14 heavy (non-hydrogen) atoms. The Kier molecular flexibility index (Phi) is 4.39. The number of aliphatic carboxylic acids is 1. The van der Waals surface area contributed by atoms with E-state index in [4.69, 9.17) is 9.84 Å². The smallest absolute Gasteiger partial charge is 0.306 e. The molecule has 0 saturated carbocycles. The number of rotatable bonds is 4. The second-order valence-corrected chi connectivity index (χ2v) is 4.52. The maximum absolute atomic E-state index is 11.1. The fraction of sp³-hybridized carbons (Fsp3) is 0.909. The van der Waals surface area contributed by atoms with Crippen LogP contribution in [-0.4, -0.2) is 24.3 Å². The average molecular weight is 200 g/mol. The van der Waals surface area contributed by atoms with Gasteiger partial charge < -0.3 is 9.84 Å². The van der Waals surface area contributed by atoms with Gasteiger partial charge in [0.15, 0.2) is 0 Å². The number of hydrogen-bond donors (Lipinski definition) is 1. The number of carbonyl (C=O) groups is 1. The van der Waals surface area contributed by atoms with E-state index in [9.17, 15) is 4.79 Å². The summed E-state index contributed by atoms with van der Waals surface area (Å²) >= 11 is 0. The molecule has 1 saturated heterocycles. The second-order valence-electron chi connectivity index (χ2n) is 4.52. The minimum atomic E-state index is -0.634. The van der Waals surface area contributed by atoms with E-state index in [0.29, 0.717) is 11.8 Å². The van der Waals surface area contributed by atoms with E-state index in [1.54, 1.807) is 0 Å². The molecule has 1 aliphatic rings. The minimum absolute atomic E-state index is 0.168. The highest BCUT2D eigenvalue weighted by atomic mass is 16.5. The molecule has 1 aliphatic heterocycles. The number of hydrogen-bond acceptors (Lipinski definition) is 2. The molecule has 1 N–H and O–H groups in total. The van der Waals surface area contributed by atoms with Gasteiger partial charge in [0.25, 0.3) is 0 Å². The molecule has 0 spiro atoms. The molecule has 0 aliphatic carbocycles. The molecular formula is C11H20O3. The summed E-state index contributed by atoms with van der Waals surface area (Å²) in [4.78, 5) is 11.1. The van der Waals surface area contributed by atoms with Gasteiger partial charge in [-0.25, -0.2) is 0 Å². The lowest BCUT2D eigenvalue weighted by Crippen LogP contribution is -2.30. The summed E-state index contributed by atoms with van der Waals surface area (Å²) in [6.45, 7) is 5.61. The summed E-state index contributed by atoms with van der Waals surface area (Å²) in [5.74, 6) is -0.0212. The third-order valence-electron chi connectivity index (χ3n) is 2.88. The van der Waals surface area contributed by atoms with Crippen molar-refractivity contribution in [2.45, 2.75) is 33.1 Å². The normalized spacial score (nSPS) is 21.1. The van der Waals surface area contributed by atoms with Crippen molar-refractivity contribution in [2.24, 2.45) is 17.8 Å². The Balaban J connectivity index is 2.51. The van der Waals surface area contributed by atoms with Gasteiger partial charge in [-0.2, -0.15) is 0 Å². The summed E-state index contributed by atoms with van der Waals surface area (Å²) in [6.07, 6.45) is 2.60. The molecular weight excluding hydrogens is 180 g/mol. The van der Waals surface area contributed by atoms with Crippen LogP contribution in [0, 0.1) is 17.8 Å². The summed E-state index contributed by atoms with van der Waals surface area (Å²) in [5.41, 5.74) is 0. The molecule has 1 atom stereocenters. The average Bonchev–Trinajstić information content (AvgIpc) is 2.15. The molecule has 0 amide bonds. The van der Waals surface area contributed by atoms with Gasteiger partial charge in [0.05, 0.1) is 5.92 Å². The van der Waals surface area contributed by atoms with Gasteiger partial charge >= 0.3 is 5.97 Å². The van der Waals surface area contributed by atoms with Crippen LogP contribution >= 0.6 is 0 Å². The summed E-state index contributed by atoms with van der Waals surface area (Å²) in [5, 5.41) is 9.13. The summed E-state index contributed by atoms with van der Waals surface area (Å²) in [6, 6.07) is 0. The molecule has 3 nitrogen and oxygen atoms in total. The molecule has 1 fully saturated rings. The highest BCUT2D eigenvalue weighted by molar-refractivity contribution is 5.70. The lowest BCUT2D eigenvalue weighted by atomic mass is 9.81. The molecule has 1 heterocycles. The van der Waals surface area contributed by atoms with Crippen molar-refractivity contribution in [3.05, 3.63) is 0 Å². The molecule has 0 radical (unpaired) electrons. The third-order valence-corrected chi connectivity index (χ3v) is 2.88. The Morgan fingerprint density at radius 2 is 2.00 bits per heavy atom. The molecule has 1 rings (SSSR count). The standard InChI is InChI=1S/C11H20O3/c1-8(2)7-10(11(12)13)9-3-5-14-6-4-9/h8-10H,3-7H2,1-2H3,(H,12,13). The molecule has 0 aromatic heterocycles. The first-order valence-corrected chi connectivity index (χ1v) is 5.41. The van der Waals surface area contributed by atoms with Gasteiger partial charge in [-0.05, 0) is 31.1 Å². The van der Waals surface area contributed by atoms with E-state index in [2.05, 4.69) is 13.8 Å². The van der Waals surface area contributed by atoms with Gasteiger partial charge in [-0.15, -0.1) is 0 Å². The van der Waals surface area contributed by atoms with Gasteiger partial charge in [-0.1, -0.05) is 13.8 Å². The van der Waals surface area contributed by atoms with Crippen LogP contribution in [0.2, 0.25) is 0 Å². The Morgan fingerprint density at radius 1 is 1.43 bits per heavy atom. The first-order valence-electron chi connectivity index (χ1n) is 5.41. The van der Waals surface area contributed by atoms with Crippen LogP contribution < -0.4 is 0 Å². The van der Waals surface area contributed by atoms with E-state index in [-0.39, 0.29) is 5.92 Å². The topological polar surface area (TPSA) is 46.5 Å². The first-order chi connectivity index (χ1) is 6.61. The molecule has 82 valence electrons. The van der Waals surface area contributed by atoms with E-state index < -0.39 is 5.97 Å². The van der Waals surface area contributed by atoms with Crippen molar-refractivity contribution in [1.29, 1.82) is 0 Å². The van der Waals surface area contributed by atoms with Crippen molar-refractivity contribution < 1.29 is 14.6 Å². The van der Waals surface area contributed by atoms with Crippen molar-refractivity contribution in [3.63, 3.8) is 0 Å². The molecule has 0 aromatic carbocycles. The van der Waals surface area contributed by atoms with Crippen molar-refractivity contribution in [3.8, 4) is 0 Å². The predicted octanol–water partition coefficient (Wildman–Crippen LogP) is 2.16. The lowest BCUT2D eigenvalue weighted by molar-refractivity contribution is -0.145. The number of carboxylic acids is 1. The Hall–Kier alpha value is -0.570. The SMILES string of the molecule is CC(C)CC(C(=O)O)C1CCOCC1. The van der Waals surface area contributed by atoms with Gasteiger partial charge in [0, 0.05) is 13.2 Å². The van der Waals surface area contributed by atoms with Crippen LogP contribution in [0.1, 0.15) is 33.1 Å². The largest absolute Gasteiger partial charge is 0.481 e. The van der Waals surface area contributed by atoms with Crippen LogP contribution in [0.5, 0.6) is 0 Å². The Morgan fingerprint density at radius 3 is 2.43 bits per heavy atom. The van der Waals surface area contributed by atoms with E-state index in [1.807, 2.05) is 0 Å². The fourth-order valence-corrected chi connectivity index (χ4v) is 2.12. The maximum atomic E-state index is 11.1. The maximum Gasteiger partial charge on any atom is 0.306 e. The highest BCUT2D eigenvalue weighted by Crippen LogP contribution is 2.28. The van der Waals surface area contributed by atoms with Gasteiger partial charge in [0.1, 0.15) is 0 Å². The Labute approximate surface area is 85.5 Å². The van der Waals surface area contributed by atoms with Crippen molar-refractivity contribution in [1.82, 2.24) is 0 Å². The van der Waals surface area contributed by atoms with Crippen molar-refractivity contribution >= 4 is 5.97 Å². The zero-order valence-corrected chi connectivity index (χ0v) is 9.03. The van der Waals surface area contributed by atoms with Crippen LogP contribution in [0.25, 0.3) is 0 Å². The molecule has 0 bridgehead atoms. The van der Waals surface area contributed by atoms with Crippen LogP contribution in [0.4, 0.5) is 0 Å². The Bertz CT molecular complexity index is 183. The quantitative estimate of drug-likeness (QED) is 0.756. The second kappa shape index (κ2) is 5.35. The zero-order chi connectivity index (χ0) is 10.6. The highest BCUT2D eigenvalue weighted by Gasteiger charge is 2.29. The molecule has 0 aromatic rings. The molecule has 1 unspecified atom stereocenters.